The van der Waals surface area contributed by atoms with E-state index in [4.69, 9.17) is 0 Å². The number of halogens is 4. The summed E-state index contributed by atoms with van der Waals surface area (Å²) in [6, 6.07) is 25.7. The molecule has 0 atom stereocenters. The number of carbonyl (C=O) groups excluding carboxylic acids is 1. The second kappa shape index (κ2) is 11.1. The molecule has 4 aromatic rings. The first-order valence-electron chi connectivity index (χ1n) is 11.4. The molecular weight excluding hydrogens is 531 g/mol. The Labute approximate surface area is 216 Å². The molecule has 0 saturated carbocycles. The van der Waals surface area contributed by atoms with Crippen molar-refractivity contribution >= 4 is 21.8 Å². The van der Waals surface area contributed by atoms with Crippen LogP contribution in [-0.4, -0.2) is 35.5 Å². The molecule has 36 heavy (non-hydrogen) atoms. The first-order chi connectivity index (χ1) is 17.2. The number of hydrogen-bond acceptors (Lipinski definition) is 2. The van der Waals surface area contributed by atoms with Crippen molar-refractivity contribution in [3.05, 3.63) is 112 Å². The molecule has 0 aliphatic heterocycles. The fourth-order valence-electron chi connectivity index (χ4n) is 4.05. The molecule has 3 aromatic carbocycles. The van der Waals surface area contributed by atoms with E-state index in [9.17, 15) is 18.0 Å². The van der Waals surface area contributed by atoms with Crippen molar-refractivity contribution in [1.82, 2.24) is 14.8 Å². The fraction of sp³-hybridized carbons (Fsp3) is 0.179. The largest absolute Gasteiger partial charge is 0.418 e. The summed E-state index contributed by atoms with van der Waals surface area (Å²) in [6.45, 7) is 1.33. The molecule has 1 aromatic heterocycles. The number of amides is 1. The lowest BCUT2D eigenvalue weighted by molar-refractivity contribution is -0.137. The van der Waals surface area contributed by atoms with E-state index < -0.39 is 11.7 Å². The molecule has 8 heteroatoms. The van der Waals surface area contributed by atoms with E-state index in [1.165, 1.54) is 12.1 Å². The summed E-state index contributed by atoms with van der Waals surface area (Å²) >= 11 is 3.41. The molecule has 0 bridgehead atoms. The highest BCUT2D eigenvalue weighted by molar-refractivity contribution is 9.10. The van der Waals surface area contributed by atoms with Crippen molar-refractivity contribution in [2.45, 2.75) is 12.7 Å². The third-order valence-electron chi connectivity index (χ3n) is 5.80. The second-order valence-corrected chi connectivity index (χ2v) is 9.34. The summed E-state index contributed by atoms with van der Waals surface area (Å²) in [7, 11) is 1.88. The van der Waals surface area contributed by atoms with Crippen LogP contribution in [0.5, 0.6) is 0 Å². The molecule has 0 spiro atoms. The summed E-state index contributed by atoms with van der Waals surface area (Å²) in [6.07, 6.45) is -4.50. The Morgan fingerprint density at radius 2 is 1.58 bits per heavy atom. The molecule has 4 nitrogen and oxygen atoms in total. The number of aromatic nitrogens is 1. The van der Waals surface area contributed by atoms with Crippen LogP contribution in [0.25, 0.3) is 16.9 Å². The van der Waals surface area contributed by atoms with Gasteiger partial charge in [0, 0.05) is 35.4 Å². The predicted molar refractivity (Wildman–Crippen MR) is 139 cm³/mol. The van der Waals surface area contributed by atoms with Gasteiger partial charge in [0.2, 0.25) is 0 Å². The molecule has 1 heterocycles. The van der Waals surface area contributed by atoms with E-state index in [0.29, 0.717) is 36.6 Å². The van der Waals surface area contributed by atoms with Gasteiger partial charge in [-0.2, -0.15) is 13.2 Å². The van der Waals surface area contributed by atoms with E-state index in [1.807, 2.05) is 54.4 Å². The Balaban J connectivity index is 1.60. The first kappa shape index (κ1) is 25.7. The molecule has 1 N–H and O–H groups in total. The van der Waals surface area contributed by atoms with E-state index in [0.717, 1.165) is 16.1 Å². The first-order valence-corrected chi connectivity index (χ1v) is 12.2. The van der Waals surface area contributed by atoms with Crippen LogP contribution < -0.4 is 5.32 Å². The molecule has 0 unspecified atom stereocenters. The van der Waals surface area contributed by atoms with Crippen LogP contribution in [0.4, 0.5) is 13.2 Å². The summed E-state index contributed by atoms with van der Waals surface area (Å²) in [5.74, 6) is -0.163. The Kier molecular flexibility index (Phi) is 7.96. The topological polar surface area (TPSA) is 37.3 Å². The van der Waals surface area contributed by atoms with E-state index in [-0.39, 0.29) is 11.6 Å². The van der Waals surface area contributed by atoms with Gasteiger partial charge in [-0.15, -0.1) is 0 Å². The third kappa shape index (κ3) is 6.06. The summed E-state index contributed by atoms with van der Waals surface area (Å²) in [5, 5.41) is 2.89. The lowest BCUT2D eigenvalue weighted by Gasteiger charge is -2.22. The van der Waals surface area contributed by atoms with Crippen LogP contribution in [0.1, 0.15) is 21.6 Å². The summed E-state index contributed by atoms with van der Waals surface area (Å²) in [5.41, 5.74) is 2.14. The number of carbonyl (C=O) groups is 1. The van der Waals surface area contributed by atoms with Gasteiger partial charge in [0.25, 0.3) is 5.91 Å². The lowest BCUT2D eigenvalue weighted by atomic mass is 10.1. The summed E-state index contributed by atoms with van der Waals surface area (Å²) < 4.78 is 44.4. The highest BCUT2D eigenvalue weighted by atomic mass is 79.9. The number of likely N-dealkylation sites (N-methyl/N-ethyl adjacent to an activating group) is 1. The van der Waals surface area contributed by atoms with Crippen molar-refractivity contribution in [2.75, 3.05) is 20.1 Å². The SMILES string of the molecule is CN(CCNC(=O)c1ccccc1)Cc1ccc(-c2ccc(Br)cc2)n1-c1ccccc1C(F)(F)F. The minimum absolute atomic E-state index is 0.0775. The third-order valence-corrected chi connectivity index (χ3v) is 6.33. The van der Waals surface area contributed by atoms with Crippen LogP contribution in [0.3, 0.4) is 0 Å². The number of hydrogen-bond donors (Lipinski definition) is 1. The lowest BCUT2D eigenvalue weighted by Crippen LogP contribution is -2.33. The molecule has 0 saturated heterocycles. The van der Waals surface area contributed by atoms with E-state index >= 15 is 0 Å². The second-order valence-electron chi connectivity index (χ2n) is 8.43. The Hall–Kier alpha value is -3.36. The van der Waals surface area contributed by atoms with Crippen LogP contribution >= 0.6 is 15.9 Å². The smallest absolute Gasteiger partial charge is 0.351 e. The maximum absolute atomic E-state index is 13.9. The normalized spacial score (nSPS) is 11.6. The van der Waals surface area contributed by atoms with Gasteiger partial charge in [-0.05, 0) is 61.1 Å². The average molecular weight is 556 g/mol. The molecule has 1 amide bonds. The van der Waals surface area contributed by atoms with Crippen molar-refractivity contribution in [3.63, 3.8) is 0 Å². The molecule has 0 fully saturated rings. The van der Waals surface area contributed by atoms with Crippen molar-refractivity contribution in [1.29, 1.82) is 0 Å². The van der Waals surface area contributed by atoms with Gasteiger partial charge in [-0.1, -0.05) is 58.4 Å². The van der Waals surface area contributed by atoms with Gasteiger partial charge in [-0.25, -0.2) is 0 Å². The monoisotopic (exact) mass is 555 g/mol. The number of rotatable bonds is 8. The van der Waals surface area contributed by atoms with Crippen molar-refractivity contribution < 1.29 is 18.0 Å². The van der Waals surface area contributed by atoms with Gasteiger partial charge in [0.05, 0.1) is 16.9 Å². The average Bonchev–Trinajstić information content (AvgIpc) is 3.27. The maximum Gasteiger partial charge on any atom is 0.418 e. The summed E-state index contributed by atoms with van der Waals surface area (Å²) in [4.78, 5) is 14.3. The maximum atomic E-state index is 13.9. The molecule has 186 valence electrons. The fourth-order valence-corrected chi connectivity index (χ4v) is 4.31. The van der Waals surface area contributed by atoms with Gasteiger partial charge in [-0.3, -0.25) is 9.69 Å². The van der Waals surface area contributed by atoms with Crippen LogP contribution in [0.15, 0.2) is 95.5 Å². The van der Waals surface area contributed by atoms with Crippen molar-refractivity contribution in [3.8, 4) is 16.9 Å². The molecule has 4 rings (SSSR count). The number of nitrogens with zero attached hydrogens (tertiary/aromatic N) is 2. The van der Waals surface area contributed by atoms with E-state index in [2.05, 4.69) is 21.2 Å². The molecule has 0 radical (unpaired) electrons. The highest BCUT2D eigenvalue weighted by Gasteiger charge is 2.34. The van der Waals surface area contributed by atoms with Gasteiger partial charge < -0.3 is 9.88 Å². The van der Waals surface area contributed by atoms with Crippen LogP contribution in [-0.2, 0) is 12.7 Å². The zero-order valence-corrected chi connectivity index (χ0v) is 21.2. The molecule has 0 aliphatic rings. The minimum Gasteiger partial charge on any atom is -0.351 e. The van der Waals surface area contributed by atoms with Gasteiger partial charge in [0.1, 0.15) is 0 Å². The van der Waals surface area contributed by atoms with Crippen LogP contribution in [0.2, 0.25) is 0 Å². The zero-order valence-electron chi connectivity index (χ0n) is 19.6. The Morgan fingerprint density at radius 1 is 0.917 bits per heavy atom. The quantitative estimate of drug-likeness (QED) is 0.260. The van der Waals surface area contributed by atoms with Crippen molar-refractivity contribution in [2.24, 2.45) is 0 Å². The highest BCUT2D eigenvalue weighted by Crippen LogP contribution is 2.37. The number of nitrogens with one attached hydrogen (secondary N) is 1. The number of benzene rings is 3. The van der Waals surface area contributed by atoms with Crippen LogP contribution in [0, 0.1) is 0 Å². The van der Waals surface area contributed by atoms with E-state index in [1.54, 1.807) is 34.9 Å². The standard InChI is InChI=1S/C28H25BrF3N3O/c1-34(18-17-33-27(36)21-7-3-2-4-8-21)19-23-15-16-25(20-11-13-22(29)14-12-20)35(23)26-10-6-5-9-24(26)28(30,31)32/h2-16H,17-19H2,1H3,(H,33,36). The Morgan fingerprint density at radius 3 is 2.28 bits per heavy atom. The molecule has 0 aliphatic carbocycles. The van der Waals surface area contributed by atoms with Gasteiger partial charge in [0.15, 0.2) is 0 Å². The number of para-hydroxylation sites is 1. The molecular formula is C28H25BrF3N3O. The predicted octanol–water partition coefficient (Wildman–Crippen LogP) is 6.79. The van der Waals surface area contributed by atoms with Gasteiger partial charge >= 0.3 is 6.18 Å². The minimum atomic E-state index is -4.50. The Bertz CT molecular complexity index is 1320. The number of alkyl halides is 3. The zero-order chi connectivity index (χ0) is 25.7.